The van der Waals surface area contributed by atoms with Crippen molar-refractivity contribution < 1.29 is 52.1 Å². The molecule has 0 aliphatic rings. The van der Waals surface area contributed by atoms with E-state index in [1.807, 2.05) is 54.6 Å². The molecule has 4 aromatic rings. The van der Waals surface area contributed by atoms with Gasteiger partial charge in [0.25, 0.3) is 0 Å². The Morgan fingerprint density at radius 1 is 0.308 bits per heavy atom. The van der Waals surface area contributed by atoms with Gasteiger partial charge in [0.2, 0.25) is 0 Å². The summed E-state index contributed by atoms with van der Waals surface area (Å²) in [6.07, 6.45) is 10.5. The van der Waals surface area contributed by atoms with Gasteiger partial charge < -0.3 is 52.1 Å². The number of unbranched alkanes of at least 4 members (excludes halogenated alkanes) is 6. The quantitative estimate of drug-likeness (QED) is 0.0314. The van der Waals surface area contributed by atoms with Crippen LogP contribution in [-0.4, -0.2) is 132 Å². The predicted octanol–water partition coefficient (Wildman–Crippen LogP) is 9.52. The fourth-order valence-electron chi connectivity index (χ4n) is 7.14. The summed E-state index contributed by atoms with van der Waals surface area (Å²) in [5.74, 6) is 0.885. The first-order chi connectivity index (χ1) is 32.3. The summed E-state index contributed by atoms with van der Waals surface area (Å²) in [6.45, 7) is 12.2. The average Bonchev–Trinajstić information content (AvgIpc) is 3.35. The molecule has 11 heteroatoms. The molecule has 4 aromatic carbocycles. The van der Waals surface area contributed by atoms with Gasteiger partial charge in [-0.3, -0.25) is 0 Å². The lowest BCUT2D eigenvalue weighted by Crippen LogP contribution is -2.34. The normalized spacial score (nSPS) is 11.6. The number of rotatable bonds is 43. The van der Waals surface area contributed by atoms with Gasteiger partial charge in [-0.25, -0.2) is 0 Å². The SMILES string of the molecule is CCCCCCCCCc1ccc(OCCOCCOCCOCCOCCOCCOCCOCCOCCOCCOC(c2ccccc2)(c2ccccc2)c2ccccc2)cc1. The fourth-order valence-corrected chi connectivity index (χ4v) is 7.14. The van der Waals surface area contributed by atoms with Crippen molar-refractivity contribution in [2.24, 2.45) is 0 Å². The molecule has 360 valence electrons. The summed E-state index contributed by atoms with van der Waals surface area (Å²) >= 11 is 0. The molecule has 0 aromatic heterocycles. The maximum absolute atomic E-state index is 6.74. The minimum Gasteiger partial charge on any atom is -0.491 e. The minimum absolute atomic E-state index is 0.416. The molecule has 0 N–H and O–H groups in total. The topological polar surface area (TPSA) is 102 Å². The smallest absolute Gasteiger partial charge is 0.143 e. The zero-order chi connectivity index (χ0) is 45.4. The van der Waals surface area contributed by atoms with Crippen LogP contribution >= 0.6 is 0 Å². The lowest BCUT2D eigenvalue weighted by Gasteiger charge is -2.36. The largest absolute Gasteiger partial charge is 0.491 e. The summed E-state index contributed by atoms with van der Waals surface area (Å²) < 4.78 is 63.2. The molecule has 4 rings (SSSR count). The molecule has 0 unspecified atom stereocenters. The second-order valence-corrected chi connectivity index (χ2v) is 15.5. The number of hydrogen-bond donors (Lipinski definition) is 0. The molecule has 0 amide bonds. The molecule has 0 aliphatic heterocycles. The van der Waals surface area contributed by atoms with E-state index in [1.165, 1.54) is 50.5 Å². The third-order valence-corrected chi connectivity index (χ3v) is 10.6. The Kier molecular flexibility index (Phi) is 31.0. The van der Waals surface area contributed by atoms with Gasteiger partial charge in [-0.2, -0.15) is 0 Å². The number of aryl methyl sites for hydroxylation is 1. The fraction of sp³-hybridized carbons (Fsp3) is 0.556. The summed E-state index contributed by atoms with van der Waals surface area (Å²) in [4.78, 5) is 0. The molecular formula is C54H78O11. The molecule has 0 aliphatic carbocycles. The van der Waals surface area contributed by atoms with Crippen molar-refractivity contribution >= 4 is 0 Å². The van der Waals surface area contributed by atoms with Gasteiger partial charge in [0, 0.05) is 0 Å². The van der Waals surface area contributed by atoms with Crippen LogP contribution in [0.15, 0.2) is 115 Å². The van der Waals surface area contributed by atoms with Crippen LogP contribution in [0.3, 0.4) is 0 Å². The van der Waals surface area contributed by atoms with E-state index >= 15 is 0 Å². The van der Waals surface area contributed by atoms with Crippen LogP contribution in [-0.2, 0) is 59.4 Å². The van der Waals surface area contributed by atoms with Crippen LogP contribution in [0.2, 0.25) is 0 Å². The third-order valence-electron chi connectivity index (χ3n) is 10.6. The highest BCUT2D eigenvalue weighted by molar-refractivity contribution is 5.47. The van der Waals surface area contributed by atoms with Crippen LogP contribution in [0.25, 0.3) is 0 Å². The van der Waals surface area contributed by atoms with Crippen LogP contribution < -0.4 is 4.74 Å². The van der Waals surface area contributed by atoms with E-state index in [1.54, 1.807) is 0 Å². The zero-order valence-corrected chi connectivity index (χ0v) is 39.3. The first-order valence-corrected chi connectivity index (χ1v) is 24.0. The minimum atomic E-state index is -0.753. The maximum atomic E-state index is 6.74. The molecule has 11 nitrogen and oxygen atoms in total. The van der Waals surface area contributed by atoms with Crippen molar-refractivity contribution in [3.63, 3.8) is 0 Å². The lowest BCUT2D eigenvalue weighted by molar-refractivity contribution is -0.0399. The van der Waals surface area contributed by atoms with E-state index in [2.05, 4.69) is 67.6 Å². The number of hydrogen-bond acceptors (Lipinski definition) is 11. The lowest BCUT2D eigenvalue weighted by atomic mass is 9.80. The average molecular weight is 903 g/mol. The Bertz CT molecular complexity index is 1530. The Morgan fingerprint density at radius 3 is 0.969 bits per heavy atom. The van der Waals surface area contributed by atoms with Gasteiger partial charge in [-0.1, -0.05) is 149 Å². The van der Waals surface area contributed by atoms with Crippen LogP contribution in [0.1, 0.15) is 74.1 Å². The predicted molar refractivity (Wildman–Crippen MR) is 256 cm³/mol. The first-order valence-electron chi connectivity index (χ1n) is 24.0. The van der Waals surface area contributed by atoms with Crippen molar-refractivity contribution in [1.82, 2.24) is 0 Å². The van der Waals surface area contributed by atoms with Crippen LogP contribution in [0.5, 0.6) is 5.75 Å². The second kappa shape index (κ2) is 37.4. The second-order valence-electron chi connectivity index (χ2n) is 15.5. The monoisotopic (exact) mass is 903 g/mol. The van der Waals surface area contributed by atoms with E-state index in [4.69, 9.17) is 52.1 Å². The standard InChI is InChI=1S/C54H78O11/c1-2-3-4-5-6-7-11-18-49-25-27-53(28-26-49)64-47-45-62-43-41-60-39-37-58-35-33-56-31-29-55-30-32-57-34-36-59-38-40-61-42-44-63-46-48-65-54(50-19-12-8-13-20-50,51-21-14-9-15-22-51)52-23-16-10-17-24-52/h8-10,12-17,19-28H,2-7,11,18,29-48H2,1H3. The molecule has 0 saturated heterocycles. The van der Waals surface area contributed by atoms with Crippen LogP contribution in [0, 0.1) is 0 Å². The van der Waals surface area contributed by atoms with E-state index in [0.717, 1.165) is 28.9 Å². The van der Waals surface area contributed by atoms with Crippen molar-refractivity contribution in [2.75, 3.05) is 132 Å². The Labute approximate surface area is 390 Å². The summed E-state index contributed by atoms with van der Waals surface area (Å²) in [6, 6.07) is 39.5. The number of benzene rings is 4. The van der Waals surface area contributed by atoms with Gasteiger partial charge in [0.15, 0.2) is 0 Å². The molecule has 0 atom stereocenters. The third kappa shape index (κ3) is 24.0. The molecule has 0 fully saturated rings. The molecule has 65 heavy (non-hydrogen) atoms. The van der Waals surface area contributed by atoms with Gasteiger partial charge in [-0.05, 0) is 47.2 Å². The van der Waals surface area contributed by atoms with Crippen molar-refractivity contribution in [1.29, 1.82) is 0 Å². The van der Waals surface area contributed by atoms with Crippen molar-refractivity contribution in [2.45, 2.75) is 63.9 Å². The highest BCUT2D eigenvalue weighted by Crippen LogP contribution is 2.40. The van der Waals surface area contributed by atoms with Gasteiger partial charge >= 0.3 is 0 Å². The van der Waals surface area contributed by atoms with E-state index < -0.39 is 5.60 Å². The molecule has 0 bridgehead atoms. The first kappa shape index (κ1) is 53.9. The van der Waals surface area contributed by atoms with Gasteiger partial charge in [-0.15, -0.1) is 0 Å². The van der Waals surface area contributed by atoms with Gasteiger partial charge in [0.1, 0.15) is 18.0 Å². The maximum Gasteiger partial charge on any atom is 0.143 e. The molecule has 0 saturated carbocycles. The Hall–Kier alpha value is -3.72. The van der Waals surface area contributed by atoms with Crippen molar-refractivity contribution in [3.05, 3.63) is 138 Å². The van der Waals surface area contributed by atoms with E-state index in [0.29, 0.717) is 132 Å². The summed E-state index contributed by atoms with van der Waals surface area (Å²) in [7, 11) is 0. The molecule has 0 radical (unpaired) electrons. The van der Waals surface area contributed by atoms with E-state index in [9.17, 15) is 0 Å². The van der Waals surface area contributed by atoms with Crippen molar-refractivity contribution in [3.8, 4) is 5.75 Å². The van der Waals surface area contributed by atoms with Gasteiger partial charge in [0.05, 0.1) is 126 Å². The number of ether oxygens (including phenoxy) is 11. The molecule has 0 spiro atoms. The van der Waals surface area contributed by atoms with Crippen LogP contribution in [0.4, 0.5) is 0 Å². The zero-order valence-electron chi connectivity index (χ0n) is 39.3. The highest BCUT2D eigenvalue weighted by Gasteiger charge is 2.37. The Morgan fingerprint density at radius 2 is 0.615 bits per heavy atom. The molecular weight excluding hydrogens is 825 g/mol. The highest BCUT2D eigenvalue weighted by atomic mass is 16.6. The molecule has 0 heterocycles. The summed E-state index contributed by atoms with van der Waals surface area (Å²) in [5, 5.41) is 0. The summed E-state index contributed by atoms with van der Waals surface area (Å²) in [5.41, 5.74) is 3.83. The van der Waals surface area contributed by atoms with E-state index in [-0.39, 0.29) is 0 Å². The Balaban J connectivity index is 0.838.